The van der Waals surface area contributed by atoms with E-state index < -0.39 is 0 Å². The third kappa shape index (κ3) is 8.39. The molecule has 0 aliphatic rings. The predicted molar refractivity (Wildman–Crippen MR) is 59.6 cm³/mol. The molecule has 0 fully saturated rings. The SMILES string of the molecule is COCCC(=O)NCC(C)(C)CC(C)O. The Morgan fingerprint density at radius 3 is 2.60 bits per heavy atom. The van der Waals surface area contributed by atoms with Gasteiger partial charge in [-0.25, -0.2) is 0 Å². The van der Waals surface area contributed by atoms with Crippen molar-refractivity contribution in [2.45, 2.75) is 39.7 Å². The third-order valence-corrected chi connectivity index (χ3v) is 2.15. The smallest absolute Gasteiger partial charge is 0.222 e. The van der Waals surface area contributed by atoms with Crippen molar-refractivity contribution in [3.8, 4) is 0 Å². The van der Waals surface area contributed by atoms with Gasteiger partial charge >= 0.3 is 0 Å². The Morgan fingerprint density at radius 1 is 1.53 bits per heavy atom. The summed E-state index contributed by atoms with van der Waals surface area (Å²) in [6, 6.07) is 0. The van der Waals surface area contributed by atoms with E-state index in [0.717, 1.165) is 0 Å². The van der Waals surface area contributed by atoms with Gasteiger partial charge < -0.3 is 15.2 Å². The van der Waals surface area contributed by atoms with Crippen LogP contribution in [0.3, 0.4) is 0 Å². The average molecular weight is 217 g/mol. The molecule has 0 radical (unpaired) electrons. The van der Waals surface area contributed by atoms with E-state index >= 15 is 0 Å². The van der Waals surface area contributed by atoms with Crippen LogP contribution in [0.1, 0.15) is 33.6 Å². The Balaban J connectivity index is 3.77. The molecule has 0 rings (SSSR count). The number of carbonyl (C=O) groups excluding carboxylic acids is 1. The van der Waals surface area contributed by atoms with Crippen LogP contribution in [-0.4, -0.2) is 37.4 Å². The van der Waals surface area contributed by atoms with Gasteiger partial charge in [0.15, 0.2) is 0 Å². The van der Waals surface area contributed by atoms with Crippen LogP contribution in [0.25, 0.3) is 0 Å². The highest BCUT2D eigenvalue weighted by atomic mass is 16.5. The molecule has 1 atom stereocenters. The van der Waals surface area contributed by atoms with E-state index in [2.05, 4.69) is 5.32 Å². The second-order valence-corrected chi connectivity index (χ2v) is 4.74. The molecule has 2 N–H and O–H groups in total. The second kappa shape index (κ2) is 6.80. The molecule has 4 heteroatoms. The molecule has 0 aliphatic carbocycles. The molecular weight excluding hydrogens is 194 g/mol. The van der Waals surface area contributed by atoms with Crippen LogP contribution < -0.4 is 5.32 Å². The summed E-state index contributed by atoms with van der Waals surface area (Å²) in [4.78, 5) is 11.3. The zero-order chi connectivity index (χ0) is 11.9. The minimum absolute atomic E-state index is 0.00415. The van der Waals surface area contributed by atoms with E-state index in [9.17, 15) is 9.90 Å². The lowest BCUT2D eigenvalue weighted by atomic mass is 9.87. The summed E-state index contributed by atoms with van der Waals surface area (Å²) in [5.74, 6) is -0.00415. The minimum atomic E-state index is -0.337. The van der Waals surface area contributed by atoms with Gasteiger partial charge in [-0.2, -0.15) is 0 Å². The van der Waals surface area contributed by atoms with Crippen LogP contribution in [0.5, 0.6) is 0 Å². The van der Waals surface area contributed by atoms with Gasteiger partial charge in [-0.3, -0.25) is 4.79 Å². The zero-order valence-electron chi connectivity index (χ0n) is 10.2. The zero-order valence-corrected chi connectivity index (χ0v) is 10.2. The fraction of sp³-hybridized carbons (Fsp3) is 0.909. The number of ether oxygens (including phenoxy) is 1. The number of methoxy groups -OCH3 is 1. The van der Waals surface area contributed by atoms with Crippen molar-refractivity contribution in [1.82, 2.24) is 5.32 Å². The molecule has 0 saturated carbocycles. The van der Waals surface area contributed by atoms with Gasteiger partial charge in [-0.15, -0.1) is 0 Å². The maximum absolute atomic E-state index is 11.3. The number of hydrogen-bond donors (Lipinski definition) is 2. The highest BCUT2D eigenvalue weighted by Crippen LogP contribution is 2.20. The Labute approximate surface area is 92.0 Å². The minimum Gasteiger partial charge on any atom is -0.393 e. The standard InChI is InChI=1S/C11H23NO3/c1-9(13)7-11(2,3)8-12-10(14)5-6-15-4/h9,13H,5-8H2,1-4H3,(H,12,14). The molecule has 0 saturated heterocycles. The molecule has 0 heterocycles. The lowest BCUT2D eigenvalue weighted by Gasteiger charge is -2.26. The second-order valence-electron chi connectivity index (χ2n) is 4.74. The maximum atomic E-state index is 11.3. The van der Waals surface area contributed by atoms with Gasteiger partial charge in [-0.05, 0) is 18.8 Å². The van der Waals surface area contributed by atoms with E-state index in [-0.39, 0.29) is 17.4 Å². The van der Waals surface area contributed by atoms with Crippen LogP contribution in [0.15, 0.2) is 0 Å². The summed E-state index contributed by atoms with van der Waals surface area (Å²) in [5, 5.41) is 12.1. The fourth-order valence-electron chi connectivity index (χ4n) is 1.49. The summed E-state index contributed by atoms with van der Waals surface area (Å²) < 4.78 is 4.81. The first-order chi connectivity index (χ1) is 6.87. The fourth-order valence-corrected chi connectivity index (χ4v) is 1.49. The van der Waals surface area contributed by atoms with Gasteiger partial charge in [-0.1, -0.05) is 13.8 Å². The summed E-state index contributed by atoms with van der Waals surface area (Å²) in [5.41, 5.74) is -0.0725. The molecule has 1 amide bonds. The Bertz CT molecular complexity index is 190. The van der Waals surface area contributed by atoms with Crippen molar-refractivity contribution in [3.05, 3.63) is 0 Å². The Kier molecular flexibility index (Phi) is 6.52. The molecule has 0 aromatic heterocycles. The quantitative estimate of drug-likeness (QED) is 0.667. The van der Waals surface area contributed by atoms with Gasteiger partial charge in [0.05, 0.1) is 12.7 Å². The number of carbonyl (C=O) groups is 1. The van der Waals surface area contributed by atoms with E-state index in [1.54, 1.807) is 14.0 Å². The molecule has 15 heavy (non-hydrogen) atoms. The first-order valence-electron chi connectivity index (χ1n) is 5.31. The van der Waals surface area contributed by atoms with Crippen LogP contribution in [0.2, 0.25) is 0 Å². The van der Waals surface area contributed by atoms with Crippen molar-refractivity contribution < 1.29 is 14.6 Å². The van der Waals surface area contributed by atoms with Crippen LogP contribution >= 0.6 is 0 Å². The first kappa shape index (κ1) is 14.4. The summed E-state index contributed by atoms with van der Waals surface area (Å²) >= 11 is 0. The Morgan fingerprint density at radius 2 is 2.13 bits per heavy atom. The normalized spacial score (nSPS) is 13.7. The number of hydrogen-bond acceptors (Lipinski definition) is 3. The van der Waals surface area contributed by atoms with Crippen molar-refractivity contribution in [1.29, 1.82) is 0 Å². The van der Waals surface area contributed by atoms with Gasteiger partial charge in [0.25, 0.3) is 0 Å². The topological polar surface area (TPSA) is 58.6 Å². The summed E-state index contributed by atoms with van der Waals surface area (Å²) in [6.45, 7) is 6.84. The van der Waals surface area contributed by atoms with Crippen LogP contribution in [0, 0.1) is 5.41 Å². The molecular formula is C11H23NO3. The predicted octanol–water partition coefficient (Wildman–Crippen LogP) is 0.936. The van der Waals surface area contributed by atoms with E-state index in [1.165, 1.54) is 0 Å². The lowest BCUT2D eigenvalue weighted by Crippen LogP contribution is -2.36. The van der Waals surface area contributed by atoms with Crippen molar-refractivity contribution >= 4 is 5.91 Å². The maximum Gasteiger partial charge on any atom is 0.222 e. The van der Waals surface area contributed by atoms with Gasteiger partial charge in [0.1, 0.15) is 0 Å². The van der Waals surface area contributed by atoms with E-state index in [4.69, 9.17) is 4.74 Å². The first-order valence-corrected chi connectivity index (χ1v) is 5.31. The highest BCUT2D eigenvalue weighted by Gasteiger charge is 2.20. The molecule has 1 unspecified atom stereocenters. The summed E-state index contributed by atoms with van der Waals surface area (Å²) in [6.07, 6.45) is 0.731. The molecule has 0 aromatic carbocycles. The number of aliphatic hydroxyl groups is 1. The Hall–Kier alpha value is -0.610. The van der Waals surface area contributed by atoms with Crippen molar-refractivity contribution in [2.24, 2.45) is 5.41 Å². The van der Waals surface area contributed by atoms with Crippen molar-refractivity contribution in [3.63, 3.8) is 0 Å². The summed E-state index contributed by atoms with van der Waals surface area (Å²) in [7, 11) is 1.57. The monoisotopic (exact) mass is 217 g/mol. The molecule has 0 aromatic rings. The van der Waals surface area contributed by atoms with Crippen LogP contribution in [-0.2, 0) is 9.53 Å². The van der Waals surface area contributed by atoms with Gasteiger partial charge in [0, 0.05) is 20.1 Å². The molecule has 90 valence electrons. The molecule has 0 aliphatic heterocycles. The number of aliphatic hydroxyl groups excluding tert-OH is 1. The van der Waals surface area contributed by atoms with E-state index in [1.807, 2.05) is 13.8 Å². The lowest BCUT2D eigenvalue weighted by molar-refractivity contribution is -0.122. The molecule has 4 nitrogen and oxygen atoms in total. The average Bonchev–Trinajstić information content (AvgIpc) is 2.09. The number of nitrogens with one attached hydrogen (secondary N) is 1. The molecule has 0 spiro atoms. The third-order valence-electron chi connectivity index (χ3n) is 2.15. The number of amides is 1. The highest BCUT2D eigenvalue weighted by molar-refractivity contribution is 5.75. The van der Waals surface area contributed by atoms with Crippen LogP contribution in [0.4, 0.5) is 0 Å². The van der Waals surface area contributed by atoms with Gasteiger partial charge in [0.2, 0.25) is 5.91 Å². The van der Waals surface area contributed by atoms with E-state index in [0.29, 0.717) is 26.0 Å². The molecule has 0 bridgehead atoms. The largest absolute Gasteiger partial charge is 0.393 e. The van der Waals surface area contributed by atoms with Crippen molar-refractivity contribution in [2.75, 3.05) is 20.3 Å². The number of rotatable bonds is 7.